The van der Waals surface area contributed by atoms with Crippen LogP contribution in [-0.4, -0.2) is 54.7 Å². The number of hydrogen-bond acceptors (Lipinski definition) is 5. The number of fused-ring (bicyclic) bond motifs is 1. The average molecular weight is 480 g/mol. The van der Waals surface area contributed by atoms with Gasteiger partial charge in [-0.2, -0.15) is 0 Å². The molecule has 1 saturated heterocycles. The van der Waals surface area contributed by atoms with Gasteiger partial charge in [0.25, 0.3) is 0 Å². The van der Waals surface area contributed by atoms with Gasteiger partial charge in [0.1, 0.15) is 11.8 Å². The second-order valence-electron chi connectivity index (χ2n) is 9.69. The number of urea groups is 1. The van der Waals surface area contributed by atoms with Gasteiger partial charge in [0.15, 0.2) is 0 Å². The van der Waals surface area contributed by atoms with Gasteiger partial charge in [0.05, 0.1) is 13.7 Å². The molecule has 7 heteroatoms. The smallest absolute Gasteiger partial charge is 0.328 e. The van der Waals surface area contributed by atoms with E-state index < -0.39 is 12.0 Å². The van der Waals surface area contributed by atoms with Gasteiger partial charge in [0.2, 0.25) is 0 Å². The number of amides is 2. The van der Waals surface area contributed by atoms with Crippen molar-refractivity contribution in [1.82, 2.24) is 15.2 Å². The molecule has 2 amide bonds. The molecule has 2 fully saturated rings. The normalized spacial score (nSPS) is 20.1. The van der Waals surface area contributed by atoms with Crippen molar-refractivity contribution in [3.8, 4) is 5.75 Å². The Labute approximate surface area is 208 Å². The lowest BCUT2D eigenvalue weighted by Gasteiger charge is -2.22. The molecule has 1 N–H and O–H groups in total. The van der Waals surface area contributed by atoms with Gasteiger partial charge >= 0.3 is 12.0 Å². The van der Waals surface area contributed by atoms with Crippen LogP contribution in [0.4, 0.5) is 4.79 Å². The van der Waals surface area contributed by atoms with Crippen LogP contribution in [0.2, 0.25) is 0 Å². The number of carbonyl (C=O) groups is 2. The molecule has 35 heavy (non-hydrogen) atoms. The Balaban J connectivity index is 1.28. The van der Waals surface area contributed by atoms with Crippen LogP contribution in [0.5, 0.6) is 5.75 Å². The lowest BCUT2D eigenvalue weighted by atomic mass is 9.82. The maximum Gasteiger partial charge on any atom is 0.328 e. The van der Waals surface area contributed by atoms with Gasteiger partial charge in [-0.15, -0.1) is 0 Å². The van der Waals surface area contributed by atoms with Crippen LogP contribution in [0.15, 0.2) is 42.6 Å². The quantitative estimate of drug-likeness (QED) is 0.546. The van der Waals surface area contributed by atoms with Crippen molar-refractivity contribution in [2.45, 2.75) is 57.9 Å². The third-order valence-corrected chi connectivity index (χ3v) is 7.33. The SMILES string of the molecule is CCc1ccc(CCOc2ccc(CC(NC(=O)N3C[C@H]4CCCC[C@H]4C3)C(=O)OC)cc2)nc1. The van der Waals surface area contributed by atoms with Crippen LogP contribution in [0, 0.1) is 11.8 Å². The number of ether oxygens (including phenoxy) is 2. The first kappa shape index (κ1) is 25.0. The molecular weight excluding hydrogens is 442 g/mol. The molecule has 1 aliphatic carbocycles. The first-order valence-corrected chi connectivity index (χ1v) is 12.8. The third kappa shape index (κ3) is 6.74. The van der Waals surface area contributed by atoms with E-state index in [1.54, 1.807) is 0 Å². The Kier molecular flexibility index (Phi) is 8.61. The van der Waals surface area contributed by atoms with Crippen LogP contribution >= 0.6 is 0 Å². The van der Waals surface area contributed by atoms with E-state index in [2.05, 4.69) is 23.3 Å². The van der Waals surface area contributed by atoms with E-state index >= 15 is 0 Å². The van der Waals surface area contributed by atoms with Crippen molar-refractivity contribution < 1.29 is 19.1 Å². The summed E-state index contributed by atoms with van der Waals surface area (Å²) in [6.45, 7) is 4.23. The fourth-order valence-corrected chi connectivity index (χ4v) is 5.19. The molecule has 1 unspecified atom stereocenters. The third-order valence-electron chi connectivity index (χ3n) is 7.33. The number of aromatic nitrogens is 1. The monoisotopic (exact) mass is 479 g/mol. The standard InChI is InChI=1S/C28H37N3O4/c1-3-20-8-11-24(29-17-20)14-15-35-25-12-9-21(10-13-25)16-26(27(32)34-2)30-28(33)31-18-22-6-4-5-7-23(22)19-31/h8-13,17,22-23,26H,3-7,14-16,18-19H2,1-2H3,(H,30,33)/t22-,23+,26?. The maximum absolute atomic E-state index is 12.9. The van der Waals surface area contributed by atoms with E-state index in [1.165, 1.54) is 38.4 Å². The zero-order chi connectivity index (χ0) is 24.6. The van der Waals surface area contributed by atoms with Crippen molar-refractivity contribution in [3.63, 3.8) is 0 Å². The number of likely N-dealkylation sites (tertiary alicyclic amines) is 1. The summed E-state index contributed by atoms with van der Waals surface area (Å²) in [5.74, 6) is 1.53. The molecule has 2 aromatic rings. The zero-order valence-electron chi connectivity index (χ0n) is 20.9. The number of hydrogen-bond donors (Lipinski definition) is 1. The highest BCUT2D eigenvalue weighted by Crippen LogP contribution is 2.36. The molecule has 0 spiro atoms. The van der Waals surface area contributed by atoms with Crippen molar-refractivity contribution in [2.24, 2.45) is 11.8 Å². The minimum absolute atomic E-state index is 0.171. The van der Waals surface area contributed by atoms with Crippen LogP contribution in [0.1, 0.15) is 49.4 Å². The van der Waals surface area contributed by atoms with Gasteiger partial charge in [-0.05, 0) is 60.4 Å². The van der Waals surface area contributed by atoms with Crippen LogP contribution < -0.4 is 10.1 Å². The lowest BCUT2D eigenvalue weighted by Crippen LogP contribution is -2.48. The van der Waals surface area contributed by atoms with Crippen molar-refractivity contribution in [1.29, 1.82) is 0 Å². The Bertz CT molecular complexity index is 963. The summed E-state index contributed by atoms with van der Waals surface area (Å²) in [5, 5.41) is 2.92. The molecule has 2 heterocycles. The van der Waals surface area contributed by atoms with E-state index in [-0.39, 0.29) is 6.03 Å². The Morgan fingerprint density at radius 3 is 2.34 bits per heavy atom. The number of benzene rings is 1. The van der Waals surface area contributed by atoms with Crippen molar-refractivity contribution in [3.05, 3.63) is 59.4 Å². The predicted octanol–water partition coefficient (Wildman–Crippen LogP) is 4.18. The summed E-state index contributed by atoms with van der Waals surface area (Å²) < 4.78 is 10.8. The Hall–Kier alpha value is -3.09. The summed E-state index contributed by atoms with van der Waals surface area (Å²) in [7, 11) is 1.35. The molecule has 1 aromatic heterocycles. The van der Waals surface area contributed by atoms with E-state index in [0.717, 1.165) is 42.9 Å². The molecule has 4 rings (SSSR count). The maximum atomic E-state index is 12.9. The molecule has 188 valence electrons. The van der Waals surface area contributed by atoms with Gasteiger partial charge in [-0.3, -0.25) is 4.98 Å². The molecule has 7 nitrogen and oxygen atoms in total. The highest BCUT2D eigenvalue weighted by atomic mass is 16.5. The summed E-state index contributed by atoms with van der Waals surface area (Å²) in [6, 6.07) is 10.9. The summed E-state index contributed by atoms with van der Waals surface area (Å²) in [4.78, 5) is 31.7. The summed E-state index contributed by atoms with van der Waals surface area (Å²) in [6.07, 6.45) is 8.91. The summed E-state index contributed by atoms with van der Waals surface area (Å²) >= 11 is 0. The van der Waals surface area contributed by atoms with Gasteiger partial charge in [-0.1, -0.05) is 38.0 Å². The molecule has 2 aliphatic rings. The second-order valence-corrected chi connectivity index (χ2v) is 9.69. The first-order valence-electron chi connectivity index (χ1n) is 12.8. The zero-order valence-corrected chi connectivity index (χ0v) is 20.9. The van der Waals surface area contributed by atoms with E-state index in [9.17, 15) is 9.59 Å². The minimum Gasteiger partial charge on any atom is -0.493 e. The lowest BCUT2D eigenvalue weighted by molar-refractivity contribution is -0.142. The molecule has 1 aromatic carbocycles. The van der Waals surface area contributed by atoms with Crippen molar-refractivity contribution >= 4 is 12.0 Å². The van der Waals surface area contributed by atoms with E-state index in [4.69, 9.17) is 9.47 Å². The van der Waals surface area contributed by atoms with Crippen LogP contribution in [0.25, 0.3) is 0 Å². The Morgan fingerprint density at radius 1 is 1.06 bits per heavy atom. The Morgan fingerprint density at radius 2 is 1.74 bits per heavy atom. The predicted molar refractivity (Wildman–Crippen MR) is 134 cm³/mol. The van der Waals surface area contributed by atoms with Gasteiger partial charge in [0, 0.05) is 37.8 Å². The van der Waals surface area contributed by atoms with Crippen LogP contribution in [-0.2, 0) is 28.8 Å². The van der Waals surface area contributed by atoms with E-state index in [0.29, 0.717) is 24.9 Å². The second kappa shape index (κ2) is 12.0. The minimum atomic E-state index is -0.723. The number of pyridine rings is 1. The molecule has 3 atom stereocenters. The highest BCUT2D eigenvalue weighted by Gasteiger charge is 2.37. The average Bonchev–Trinajstić information content (AvgIpc) is 3.34. The topological polar surface area (TPSA) is 80.8 Å². The number of nitrogens with one attached hydrogen (secondary N) is 1. The fraction of sp³-hybridized carbons (Fsp3) is 0.536. The molecular formula is C28H37N3O4. The molecule has 1 saturated carbocycles. The highest BCUT2D eigenvalue weighted by molar-refractivity contribution is 5.84. The number of esters is 1. The van der Waals surface area contributed by atoms with Gasteiger partial charge < -0.3 is 19.7 Å². The van der Waals surface area contributed by atoms with Crippen molar-refractivity contribution in [2.75, 3.05) is 26.8 Å². The molecule has 1 aliphatic heterocycles. The number of nitrogens with zero attached hydrogens (tertiary/aromatic N) is 2. The number of methoxy groups -OCH3 is 1. The molecule has 0 radical (unpaired) electrons. The van der Waals surface area contributed by atoms with E-state index in [1.807, 2.05) is 41.4 Å². The van der Waals surface area contributed by atoms with Crippen LogP contribution in [0.3, 0.4) is 0 Å². The molecule has 0 bridgehead atoms. The number of aryl methyl sites for hydroxylation is 1. The first-order chi connectivity index (χ1) is 17.1. The largest absolute Gasteiger partial charge is 0.493 e. The summed E-state index contributed by atoms with van der Waals surface area (Å²) in [5.41, 5.74) is 3.16. The number of rotatable bonds is 9. The van der Waals surface area contributed by atoms with Gasteiger partial charge in [-0.25, -0.2) is 9.59 Å². The fourth-order valence-electron chi connectivity index (χ4n) is 5.19. The number of carbonyl (C=O) groups excluding carboxylic acids is 2.